The van der Waals surface area contributed by atoms with Crippen molar-refractivity contribution in [2.24, 2.45) is 0 Å². The van der Waals surface area contributed by atoms with Crippen molar-refractivity contribution in [1.29, 1.82) is 0 Å². The fourth-order valence-electron chi connectivity index (χ4n) is 1.10. The Kier molecular flexibility index (Phi) is 5.44. The Balaban J connectivity index is 2.60. The van der Waals surface area contributed by atoms with E-state index in [9.17, 15) is 13.6 Å². The highest BCUT2D eigenvalue weighted by Gasteiger charge is 2.10. The van der Waals surface area contributed by atoms with Crippen molar-refractivity contribution in [1.82, 2.24) is 10.3 Å². The summed E-state index contributed by atoms with van der Waals surface area (Å²) in [5, 5.41) is 11.4. The summed E-state index contributed by atoms with van der Waals surface area (Å²) in [5.74, 6) is -0.543. The molecule has 1 aromatic rings. The third-order valence-electron chi connectivity index (χ3n) is 1.87. The molecule has 0 aliphatic carbocycles. The van der Waals surface area contributed by atoms with Gasteiger partial charge in [-0.3, -0.25) is 4.79 Å². The molecule has 1 aromatic heterocycles. The monoisotopic (exact) mass is 260 g/mol. The molecular weight excluding hydrogens is 246 g/mol. The largest absolute Gasteiger partial charge is 0.472 e. The van der Waals surface area contributed by atoms with Gasteiger partial charge in [-0.05, 0) is 13.0 Å². The first-order valence-electron chi connectivity index (χ1n) is 5.33. The van der Waals surface area contributed by atoms with E-state index < -0.39 is 25.0 Å². The lowest BCUT2D eigenvalue weighted by Crippen LogP contribution is -2.31. The van der Waals surface area contributed by atoms with Crippen molar-refractivity contribution >= 4 is 5.91 Å². The van der Waals surface area contributed by atoms with E-state index >= 15 is 0 Å². The maximum Gasteiger partial charge on any atom is 0.272 e. The van der Waals surface area contributed by atoms with Gasteiger partial charge in [-0.25, -0.2) is 13.8 Å². The minimum Gasteiger partial charge on any atom is -0.472 e. The third-order valence-corrected chi connectivity index (χ3v) is 1.87. The zero-order chi connectivity index (χ0) is 13.5. The van der Waals surface area contributed by atoms with Crippen molar-refractivity contribution in [2.75, 3.05) is 13.2 Å². The van der Waals surface area contributed by atoms with E-state index in [0.29, 0.717) is 0 Å². The molecule has 1 heterocycles. The maximum atomic E-state index is 11.9. The molecule has 100 valence electrons. The first kappa shape index (κ1) is 14.3. The van der Waals surface area contributed by atoms with Gasteiger partial charge in [0.25, 0.3) is 12.3 Å². The molecule has 0 aliphatic heterocycles. The minimum atomic E-state index is -2.60. The zero-order valence-electron chi connectivity index (χ0n) is 9.77. The molecule has 2 N–H and O–H groups in total. The van der Waals surface area contributed by atoms with Gasteiger partial charge in [0.2, 0.25) is 5.88 Å². The smallest absolute Gasteiger partial charge is 0.272 e. The van der Waals surface area contributed by atoms with Gasteiger partial charge in [-0.2, -0.15) is 0 Å². The van der Waals surface area contributed by atoms with Crippen LogP contribution in [0.3, 0.4) is 0 Å². The van der Waals surface area contributed by atoms with Crippen LogP contribution >= 0.6 is 0 Å². The van der Waals surface area contributed by atoms with Crippen LogP contribution in [0.25, 0.3) is 0 Å². The molecular formula is C11H14F2N2O3. The number of hydrogen-bond donors (Lipinski definition) is 2. The fraction of sp³-hybridized carbons (Fsp3) is 0.455. The average Bonchev–Trinajstić information content (AvgIpc) is 2.33. The molecule has 0 radical (unpaired) electrons. The van der Waals surface area contributed by atoms with Crippen molar-refractivity contribution in [3.8, 4) is 5.88 Å². The molecule has 1 atom stereocenters. The molecule has 1 unspecified atom stereocenters. The van der Waals surface area contributed by atoms with Gasteiger partial charge in [0.05, 0.1) is 6.10 Å². The van der Waals surface area contributed by atoms with Crippen molar-refractivity contribution < 1.29 is 23.4 Å². The number of amides is 1. The number of alkyl halides is 2. The summed E-state index contributed by atoms with van der Waals surface area (Å²) in [4.78, 5) is 15.3. The van der Waals surface area contributed by atoms with Crippen molar-refractivity contribution in [3.05, 3.63) is 23.9 Å². The Bertz CT molecular complexity index is 400. The van der Waals surface area contributed by atoms with Crippen LogP contribution in [0.1, 0.15) is 17.4 Å². The number of aliphatic hydroxyl groups is 1. The van der Waals surface area contributed by atoms with Crippen molar-refractivity contribution in [2.45, 2.75) is 19.5 Å². The van der Waals surface area contributed by atoms with E-state index in [2.05, 4.69) is 10.3 Å². The summed E-state index contributed by atoms with van der Waals surface area (Å²) >= 11 is 0. The number of aromatic nitrogens is 1. The number of carbonyl (C=O) groups is 1. The Morgan fingerprint density at radius 3 is 2.89 bits per heavy atom. The number of rotatable bonds is 6. The molecule has 0 aromatic carbocycles. The van der Waals surface area contributed by atoms with E-state index in [1.54, 1.807) is 0 Å². The molecule has 0 saturated heterocycles. The number of nitrogens with one attached hydrogen (secondary N) is 1. The van der Waals surface area contributed by atoms with Crippen LogP contribution in [0.4, 0.5) is 8.78 Å². The van der Waals surface area contributed by atoms with E-state index in [1.807, 2.05) is 0 Å². The molecule has 0 saturated carbocycles. The van der Waals surface area contributed by atoms with Crippen LogP contribution in [0, 0.1) is 0 Å². The summed E-state index contributed by atoms with van der Waals surface area (Å²) in [6.45, 7) is 0.838. The average molecular weight is 260 g/mol. The lowest BCUT2D eigenvalue weighted by atomic mass is 10.3. The fourth-order valence-corrected chi connectivity index (χ4v) is 1.10. The van der Waals surface area contributed by atoms with Gasteiger partial charge in [0.15, 0.2) is 6.61 Å². The molecule has 18 heavy (non-hydrogen) atoms. The normalized spacial score (nSPS) is 12.3. The predicted molar refractivity (Wildman–Crippen MR) is 59.8 cm³/mol. The lowest BCUT2D eigenvalue weighted by Gasteiger charge is -2.08. The summed E-state index contributed by atoms with van der Waals surface area (Å²) in [5.41, 5.74) is 0.0439. The molecule has 5 nitrogen and oxygen atoms in total. The molecule has 7 heteroatoms. The number of pyridine rings is 1. The maximum absolute atomic E-state index is 11.9. The second kappa shape index (κ2) is 6.85. The van der Waals surface area contributed by atoms with Gasteiger partial charge in [0.1, 0.15) is 5.69 Å². The number of aliphatic hydroxyl groups excluding tert-OH is 1. The van der Waals surface area contributed by atoms with E-state index in [4.69, 9.17) is 9.84 Å². The van der Waals surface area contributed by atoms with Crippen LogP contribution < -0.4 is 10.1 Å². The van der Waals surface area contributed by atoms with E-state index in [-0.39, 0.29) is 18.1 Å². The van der Waals surface area contributed by atoms with Crippen LogP contribution in [0.2, 0.25) is 0 Å². The highest BCUT2D eigenvalue weighted by atomic mass is 19.3. The Hall–Kier alpha value is -1.76. The van der Waals surface area contributed by atoms with Gasteiger partial charge < -0.3 is 15.2 Å². The van der Waals surface area contributed by atoms with Crippen LogP contribution in [0.5, 0.6) is 5.88 Å². The second-order valence-electron chi connectivity index (χ2n) is 3.62. The topological polar surface area (TPSA) is 71.5 Å². The predicted octanol–water partition coefficient (Wildman–Crippen LogP) is 0.836. The molecule has 1 rings (SSSR count). The standard InChI is InChI=1S/C11H14F2N2O3/c1-7(16)5-14-11(17)8-3-2-4-10(15-8)18-6-9(12)13/h2-4,7,9,16H,5-6H2,1H3,(H,14,17). The molecule has 1 amide bonds. The number of nitrogens with zero attached hydrogens (tertiary/aromatic N) is 1. The highest BCUT2D eigenvalue weighted by molar-refractivity contribution is 5.92. The quantitative estimate of drug-likeness (QED) is 0.795. The molecule has 0 spiro atoms. The Morgan fingerprint density at radius 2 is 2.28 bits per heavy atom. The van der Waals surface area contributed by atoms with Crippen molar-refractivity contribution in [3.63, 3.8) is 0 Å². The van der Waals surface area contributed by atoms with Gasteiger partial charge >= 0.3 is 0 Å². The van der Waals surface area contributed by atoms with Crippen LogP contribution in [0.15, 0.2) is 18.2 Å². The number of carbonyl (C=O) groups excluding carboxylic acids is 1. The number of hydrogen-bond acceptors (Lipinski definition) is 4. The Morgan fingerprint density at radius 1 is 1.56 bits per heavy atom. The third kappa shape index (κ3) is 5.05. The highest BCUT2D eigenvalue weighted by Crippen LogP contribution is 2.08. The zero-order valence-corrected chi connectivity index (χ0v) is 9.77. The van der Waals surface area contributed by atoms with Gasteiger partial charge in [0, 0.05) is 12.6 Å². The van der Waals surface area contributed by atoms with Crippen LogP contribution in [-0.2, 0) is 0 Å². The van der Waals surface area contributed by atoms with Gasteiger partial charge in [-0.1, -0.05) is 6.07 Å². The SMILES string of the molecule is CC(O)CNC(=O)c1cccc(OCC(F)F)n1. The van der Waals surface area contributed by atoms with Crippen LogP contribution in [-0.4, -0.2) is 41.7 Å². The Labute approximate surface area is 103 Å². The second-order valence-corrected chi connectivity index (χ2v) is 3.62. The summed E-state index contributed by atoms with van der Waals surface area (Å²) < 4.78 is 28.6. The van der Waals surface area contributed by atoms with E-state index in [1.165, 1.54) is 25.1 Å². The molecule has 0 aliphatic rings. The van der Waals surface area contributed by atoms with E-state index in [0.717, 1.165) is 0 Å². The summed E-state index contributed by atoms with van der Waals surface area (Å²) in [6.07, 6.45) is -3.27. The summed E-state index contributed by atoms with van der Waals surface area (Å²) in [7, 11) is 0. The molecule has 0 bridgehead atoms. The number of ether oxygens (including phenoxy) is 1. The lowest BCUT2D eigenvalue weighted by molar-refractivity contribution is 0.0791. The molecule has 0 fully saturated rings. The minimum absolute atomic E-state index is 0.0417. The first-order chi connectivity index (χ1) is 8.49. The first-order valence-corrected chi connectivity index (χ1v) is 5.33. The number of halogens is 2. The summed E-state index contributed by atoms with van der Waals surface area (Å²) in [6, 6.07) is 4.28. The van der Waals surface area contributed by atoms with Gasteiger partial charge in [-0.15, -0.1) is 0 Å².